The topological polar surface area (TPSA) is 79.3 Å². The molecule has 1 aliphatic heterocycles. The van der Waals surface area contributed by atoms with Gasteiger partial charge in [0.25, 0.3) is 5.91 Å². The molecule has 2 aromatic rings. The fourth-order valence-electron chi connectivity index (χ4n) is 4.20. The quantitative estimate of drug-likeness (QED) is 0.616. The maximum atomic E-state index is 14.9. The van der Waals surface area contributed by atoms with E-state index >= 15 is 0 Å². The number of carbonyl (C=O) groups excluding carboxylic acids is 2. The van der Waals surface area contributed by atoms with E-state index in [1.807, 2.05) is 32.7 Å². The number of fused-ring (bicyclic) bond motifs is 1. The Morgan fingerprint density at radius 1 is 1.17 bits per heavy atom. The molecule has 0 spiro atoms. The number of likely N-dealkylation sites (N-methyl/N-ethyl adjacent to an activating group) is 1. The van der Waals surface area contributed by atoms with E-state index in [4.69, 9.17) is 0 Å². The Balaban J connectivity index is 2.06. The molecule has 3 rings (SSSR count). The summed E-state index contributed by atoms with van der Waals surface area (Å²) in [6, 6.07) is 1.45. The third-order valence-electron chi connectivity index (χ3n) is 5.85. The Bertz CT molecular complexity index is 1100. The summed E-state index contributed by atoms with van der Waals surface area (Å²) in [6.45, 7) is 7.29. The highest BCUT2D eigenvalue weighted by Gasteiger charge is 2.33. The van der Waals surface area contributed by atoms with Crippen molar-refractivity contribution in [3.8, 4) is 11.4 Å². The van der Waals surface area contributed by atoms with Gasteiger partial charge in [0.05, 0.1) is 16.8 Å². The molecule has 2 heterocycles. The lowest BCUT2D eigenvalue weighted by molar-refractivity contribution is -0.137. The summed E-state index contributed by atoms with van der Waals surface area (Å²) >= 11 is 0. The minimum atomic E-state index is -4.68. The number of hydrogen-bond donors (Lipinski definition) is 2. The highest BCUT2D eigenvalue weighted by molar-refractivity contribution is 5.97. The summed E-state index contributed by atoms with van der Waals surface area (Å²) in [5, 5.41) is 5.30. The third kappa shape index (κ3) is 6.19. The van der Waals surface area contributed by atoms with Gasteiger partial charge in [0.1, 0.15) is 17.7 Å². The predicted octanol–water partition coefficient (Wildman–Crippen LogP) is 3.82. The van der Waals surface area contributed by atoms with Crippen molar-refractivity contribution in [1.82, 2.24) is 25.1 Å². The molecular weight excluding hydrogens is 466 g/mol. The zero-order valence-electron chi connectivity index (χ0n) is 20.5. The second-order valence-electron chi connectivity index (χ2n) is 10.1. The fraction of sp³-hybridized carbons (Fsp3) is 0.542. The number of aromatic nitrogens is 2. The largest absolute Gasteiger partial charge is 0.416 e. The molecule has 0 bridgehead atoms. The SMILES string of the molecule is CNC(=O)C(CC(C)(C)C)NC(=O)c1nc(-c2ccc(C(F)(F)F)cc2F)n2c1CN(C)CCC2. The van der Waals surface area contributed by atoms with Gasteiger partial charge < -0.3 is 20.1 Å². The summed E-state index contributed by atoms with van der Waals surface area (Å²) in [4.78, 5) is 32.2. The van der Waals surface area contributed by atoms with Crippen molar-refractivity contribution >= 4 is 11.8 Å². The van der Waals surface area contributed by atoms with Gasteiger partial charge >= 0.3 is 6.18 Å². The number of imidazole rings is 1. The number of benzene rings is 1. The van der Waals surface area contributed by atoms with Crippen molar-refractivity contribution in [2.45, 2.75) is 58.9 Å². The number of amides is 2. The zero-order valence-corrected chi connectivity index (χ0v) is 20.5. The molecule has 35 heavy (non-hydrogen) atoms. The number of rotatable bonds is 5. The lowest BCUT2D eigenvalue weighted by atomic mass is 9.87. The van der Waals surface area contributed by atoms with E-state index in [1.165, 1.54) is 7.05 Å². The first-order valence-corrected chi connectivity index (χ1v) is 11.4. The standard InChI is InChI=1S/C24H31F4N5O2/c1-23(2,3)12-17(21(34)29-4)30-22(35)19-18-13-32(5)9-6-10-33(18)20(31-19)15-8-7-14(11-16(15)25)24(26,27)28/h7-8,11,17H,6,9-10,12-13H2,1-5H3,(H,29,34)(H,30,35). The molecule has 1 aromatic heterocycles. The van der Waals surface area contributed by atoms with Crippen LogP contribution in [0.4, 0.5) is 17.6 Å². The van der Waals surface area contributed by atoms with Crippen LogP contribution in [-0.4, -0.2) is 52.9 Å². The molecule has 0 saturated carbocycles. The van der Waals surface area contributed by atoms with Crippen LogP contribution in [-0.2, 0) is 24.1 Å². The molecule has 192 valence electrons. The number of nitrogens with zero attached hydrogens (tertiary/aromatic N) is 3. The first-order valence-electron chi connectivity index (χ1n) is 11.4. The van der Waals surface area contributed by atoms with Crippen LogP contribution in [0.5, 0.6) is 0 Å². The van der Waals surface area contributed by atoms with Gasteiger partial charge in [0.2, 0.25) is 5.91 Å². The molecule has 1 unspecified atom stereocenters. The number of nitrogens with one attached hydrogen (secondary N) is 2. The Kier molecular flexibility index (Phi) is 7.59. The van der Waals surface area contributed by atoms with E-state index < -0.39 is 29.5 Å². The minimum absolute atomic E-state index is 0.0239. The normalized spacial score (nSPS) is 15.8. The predicted molar refractivity (Wildman–Crippen MR) is 123 cm³/mol. The highest BCUT2D eigenvalue weighted by Crippen LogP contribution is 2.34. The van der Waals surface area contributed by atoms with Crippen molar-refractivity contribution < 1.29 is 27.2 Å². The molecule has 2 N–H and O–H groups in total. The second-order valence-corrected chi connectivity index (χ2v) is 10.1. The molecule has 1 atom stereocenters. The maximum absolute atomic E-state index is 14.9. The van der Waals surface area contributed by atoms with Crippen molar-refractivity contribution in [2.75, 3.05) is 20.6 Å². The van der Waals surface area contributed by atoms with Gasteiger partial charge in [-0.2, -0.15) is 13.2 Å². The van der Waals surface area contributed by atoms with Crippen molar-refractivity contribution in [3.05, 3.63) is 41.0 Å². The first-order chi connectivity index (χ1) is 16.2. The minimum Gasteiger partial charge on any atom is -0.357 e. The lowest BCUT2D eigenvalue weighted by Crippen LogP contribution is -2.47. The van der Waals surface area contributed by atoms with Gasteiger partial charge in [0, 0.05) is 20.1 Å². The molecule has 1 aliphatic rings. The van der Waals surface area contributed by atoms with Crippen LogP contribution in [0.2, 0.25) is 0 Å². The van der Waals surface area contributed by atoms with Gasteiger partial charge in [-0.3, -0.25) is 9.59 Å². The van der Waals surface area contributed by atoms with Crippen LogP contribution in [0, 0.1) is 11.2 Å². The van der Waals surface area contributed by atoms with E-state index in [-0.39, 0.29) is 28.4 Å². The van der Waals surface area contributed by atoms with Crippen molar-refractivity contribution in [3.63, 3.8) is 0 Å². The van der Waals surface area contributed by atoms with E-state index in [9.17, 15) is 27.2 Å². The monoisotopic (exact) mass is 497 g/mol. The van der Waals surface area contributed by atoms with Crippen LogP contribution < -0.4 is 10.6 Å². The summed E-state index contributed by atoms with van der Waals surface area (Å²) in [6.07, 6.45) is -3.63. The molecule has 7 nitrogen and oxygen atoms in total. The van der Waals surface area contributed by atoms with E-state index in [0.717, 1.165) is 12.1 Å². The molecule has 0 aliphatic carbocycles. The van der Waals surface area contributed by atoms with E-state index in [2.05, 4.69) is 15.6 Å². The van der Waals surface area contributed by atoms with E-state index in [0.29, 0.717) is 44.2 Å². The highest BCUT2D eigenvalue weighted by atomic mass is 19.4. The average Bonchev–Trinajstić information content (AvgIpc) is 2.97. The van der Waals surface area contributed by atoms with Gasteiger partial charge in [-0.05, 0) is 50.0 Å². The zero-order chi connectivity index (χ0) is 26.1. The summed E-state index contributed by atoms with van der Waals surface area (Å²) in [7, 11) is 3.35. The van der Waals surface area contributed by atoms with Crippen LogP contribution in [0.1, 0.15) is 55.4 Å². The fourth-order valence-corrected chi connectivity index (χ4v) is 4.20. The van der Waals surface area contributed by atoms with Crippen LogP contribution in [0.15, 0.2) is 18.2 Å². The molecule has 0 radical (unpaired) electrons. The Morgan fingerprint density at radius 3 is 2.43 bits per heavy atom. The Labute approximate surface area is 201 Å². The molecule has 11 heteroatoms. The van der Waals surface area contributed by atoms with Gasteiger partial charge in [-0.25, -0.2) is 9.37 Å². The average molecular weight is 498 g/mol. The summed E-state index contributed by atoms with van der Waals surface area (Å²) in [5.41, 5.74) is -0.946. The number of hydrogen-bond acceptors (Lipinski definition) is 4. The Hall–Kier alpha value is -2.95. The molecular formula is C24H31F4N5O2. The van der Waals surface area contributed by atoms with Crippen molar-refractivity contribution in [2.24, 2.45) is 5.41 Å². The second kappa shape index (κ2) is 9.96. The number of halogens is 4. The third-order valence-corrected chi connectivity index (χ3v) is 5.85. The number of carbonyl (C=O) groups is 2. The van der Waals surface area contributed by atoms with Crippen LogP contribution >= 0.6 is 0 Å². The number of alkyl halides is 3. The van der Waals surface area contributed by atoms with E-state index in [1.54, 1.807) is 4.57 Å². The molecule has 0 fully saturated rings. The lowest BCUT2D eigenvalue weighted by Gasteiger charge is -2.25. The Morgan fingerprint density at radius 2 is 1.86 bits per heavy atom. The van der Waals surface area contributed by atoms with Gasteiger partial charge in [-0.15, -0.1) is 0 Å². The summed E-state index contributed by atoms with van der Waals surface area (Å²) < 4.78 is 55.6. The van der Waals surface area contributed by atoms with Crippen molar-refractivity contribution in [1.29, 1.82) is 0 Å². The van der Waals surface area contributed by atoms with Crippen LogP contribution in [0.3, 0.4) is 0 Å². The summed E-state index contributed by atoms with van der Waals surface area (Å²) in [5.74, 6) is -1.95. The molecule has 0 saturated heterocycles. The maximum Gasteiger partial charge on any atom is 0.416 e. The van der Waals surface area contributed by atoms with Gasteiger partial charge in [0.15, 0.2) is 5.69 Å². The first kappa shape index (κ1) is 26.7. The smallest absolute Gasteiger partial charge is 0.357 e. The van der Waals surface area contributed by atoms with Gasteiger partial charge in [-0.1, -0.05) is 20.8 Å². The molecule has 2 amide bonds. The van der Waals surface area contributed by atoms with Crippen LogP contribution in [0.25, 0.3) is 11.4 Å². The molecule has 1 aromatic carbocycles.